The lowest BCUT2D eigenvalue weighted by Gasteiger charge is -2.26. The quantitative estimate of drug-likeness (QED) is 0.816. The van der Waals surface area contributed by atoms with Gasteiger partial charge in [0.15, 0.2) is 5.69 Å². The average molecular weight is 303 g/mol. The zero-order chi connectivity index (χ0) is 15.2. The maximum absolute atomic E-state index is 13.3. The lowest BCUT2D eigenvalue weighted by molar-refractivity contribution is -0.141. The lowest BCUT2D eigenvalue weighted by atomic mass is 10.0. The number of nitrogens with zero attached hydrogens (tertiary/aromatic N) is 2. The normalized spacial score (nSPS) is 18.2. The highest BCUT2D eigenvalue weighted by Crippen LogP contribution is 2.35. The predicted molar refractivity (Wildman–Crippen MR) is 64.8 cm³/mol. The summed E-state index contributed by atoms with van der Waals surface area (Å²) >= 11 is 0. The molecule has 0 aliphatic carbocycles. The first-order valence-corrected chi connectivity index (χ1v) is 6.21. The van der Waals surface area contributed by atoms with Crippen LogP contribution in [-0.2, 0) is 6.18 Å². The Labute approximate surface area is 116 Å². The molecular weight excluding hydrogens is 293 g/mol. The van der Waals surface area contributed by atoms with E-state index in [1.165, 1.54) is 0 Å². The molecule has 2 aromatic rings. The molecule has 0 amide bonds. The number of fused-ring (bicyclic) bond motifs is 1. The molecule has 112 valence electrons. The third kappa shape index (κ3) is 2.57. The minimum Gasteiger partial charge on any atom is -0.370 e. The molecule has 1 aromatic heterocycles. The maximum atomic E-state index is 13.3. The van der Waals surface area contributed by atoms with Crippen LogP contribution >= 0.6 is 0 Å². The fourth-order valence-electron chi connectivity index (χ4n) is 2.44. The van der Waals surface area contributed by atoms with Gasteiger partial charge in [-0.15, -0.1) is 0 Å². The van der Waals surface area contributed by atoms with Gasteiger partial charge >= 0.3 is 6.18 Å². The molecule has 21 heavy (non-hydrogen) atoms. The average Bonchev–Trinajstić information content (AvgIpc) is 2.80. The van der Waals surface area contributed by atoms with Gasteiger partial charge in [-0.1, -0.05) is 0 Å². The largest absolute Gasteiger partial charge is 0.435 e. The minimum atomic E-state index is -4.57. The van der Waals surface area contributed by atoms with E-state index in [0.29, 0.717) is 13.0 Å². The third-order valence-electron chi connectivity index (χ3n) is 3.31. The van der Waals surface area contributed by atoms with Crippen LogP contribution < -0.4 is 5.32 Å². The Morgan fingerprint density at radius 2 is 1.76 bits per heavy atom. The molecular formula is C13H10F5N3. The van der Waals surface area contributed by atoms with Crippen LogP contribution in [0.15, 0.2) is 24.3 Å². The van der Waals surface area contributed by atoms with Crippen LogP contribution in [0.1, 0.15) is 23.7 Å². The molecule has 0 saturated carbocycles. The van der Waals surface area contributed by atoms with E-state index < -0.39 is 29.5 Å². The van der Waals surface area contributed by atoms with Crippen molar-refractivity contribution in [1.29, 1.82) is 0 Å². The predicted octanol–water partition coefficient (Wildman–Crippen LogP) is 3.59. The zero-order valence-corrected chi connectivity index (χ0v) is 10.6. The molecule has 0 fully saturated rings. The number of aromatic nitrogens is 2. The molecule has 0 bridgehead atoms. The molecule has 0 radical (unpaired) electrons. The Morgan fingerprint density at radius 3 is 2.38 bits per heavy atom. The van der Waals surface area contributed by atoms with E-state index >= 15 is 0 Å². The minimum absolute atomic E-state index is 0.184. The molecule has 1 aliphatic heterocycles. The van der Waals surface area contributed by atoms with Crippen molar-refractivity contribution in [3.8, 4) is 0 Å². The summed E-state index contributed by atoms with van der Waals surface area (Å²) in [6, 6.07) is 3.19. The van der Waals surface area contributed by atoms with Crippen LogP contribution in [0.25, 0.3) is 0 Å². The summed E-state index contributed by atoms with van der Waals surface area (Å²) in [4.78, 5) is 0. The molecule has 1 N–H and O–H groups in total. The van der Waals surface area contributed by atoms with Crippen molar-refractivity contribution < 1.29 is 22.0 Å². The molecule has 2 heterocycles. The summed E-state index contributed by atoms with van der Waals surface area (Å²) in [6.07, 6.45) is -4.18. The SMILES string of the molecule is Fc1cc(F)cc(C2CCNc3cc(C(F)(F)F)nn32)c1. The van der Waals surface area contributed by atoms with E-state index in [1.54, 1.807) is 0 Å². The number of hydrogen-bond donors (Lipinski definition) is 1. The monoisotopic (exact) mass is 303 g/mol. The highest BCUT2D eigenvalue weighted by atomic mass is 19.4. The van der Waals surface area contributed by atoms with Gasteiger partial charge in [0.05, 0.1) is 6.04 Å². The van der Waals surface area contributed by atoms with Crippen molar-refractivity contribution in [2.45, 2.75) is 18.6 Å². The summed E-state index contributed by atoms with van der Waals surface area (Å²) in [5.74, 6) is -1.36. The van der Waals surface area contributed by atoms with Gasteiger partial charge in [0.25, 0.3) is 0 Å². The number of benzene rings is 1. The van der Waals surface area contributed by atoms with E-state index in [2.05, 4.69) is 10.4 Å². The van der Waals surface area contributed by atoms with Crippen LogP contribution in [0.3, 0.4) is 0 Å². The van der Waals surface area contributed by atoms with Gasteiger partial charge in [-0.3, -0.25) is 0 Å². The van der Waals surface area contributed by atoms with Crippen molar-refractivity contribution in [3.63, 3.8) is 0 Å². The van der Waals surface area contributed by atoms with Gasteiger partial charge in [0.2, 0.25) is 0 Å². The number of halogens is 5. The Kier molecular flexibility index (Phi) is 3.11. The van der Waals surface area contributed by atoms with Crippen LogP contribution in [0, 0.1) is 11.6 Å². The summed E-state index contributed by atoms with van der Waals surface area (Å²) < 4.78 is 65.8. The smallest absolute Gasteiger partial charge is 0.370 e. The second-order valence-electron chi connectivity index (χ2n) is 4.79. The first-order valence-electron chi connectivity index (χ1n) is 6.21. The van der Waals surface area contributed by atoms with Crippen molar-refractivity contribution in [1.82, 2.24) is 9.78 Å². The lowest BCUT2D eigenvalue weighted by Crippen LogP contribution is -2.24. The Morgan fingerprint density at radius 1 is 1.10 bits per heavy atom. The van der Waals surface area contributed by atoms with Crippen LogP contribution in [-0.4, -0.2) is 16.3 Å². The molecule has 0 spiro atoms. The molecule has 1 aliphatic rings. The van der Waals surface area contributed by atoms with Crippen molar-refractivity contribution in [2.24, 2.45) is 0 Å². The van der Waals surface area contributed by atoms with Crippen LogP contribution in [0.5, 0.6) is 0 Å². The van der Waals surface area contributed by atoms with Crippen molar-refractivity contribution in [2.75, 3.05) is 11.9 Å². The fourth-order valence-corrected chi connectivity index (χ4v) is 2.44. The van der Waals surface area contributed by atoms with E-state index in [9.17, 15) is 22.0 Å². The van der Waals surface area contributed by atoms with E-state index in [0.717, 1.165) is 28.9 Å². The number of hydrogen-bond acceptors (Lipinski definition) is 2. The molecule has 1 unspecified atom stereocenters. The Balaban J connectivity index is 2.06. The van der Waals surface area contributed by atoms with E-state index in [4.69, 9.17) is 0 Å². The van der Waals surface area contributed by atoms with Crippen LogP contribution in [0.4, 0.5) is 27.8 Å². The van der Waals surface area contributed by atoms with E-state index in [-0.39, 0.29) is 11.4 Å². The van der Waals surface area contributed by atoms with Crippen LogP contribution in [0.2, 0.25) is 0 Å². The van der Waals surface area contributed by atoms with E-state index in [1.807, 2.05) is 0 Å². The highest BCUT2D eigenvalue weighted by Gasteiger charge is 2.36. The number of rotatable bonds is 1. The second-order valence-corrected chi connectivity index (χ2v) is 4.79. The Bertz CT molecular complexity index is 657. The summed E-state index contributed by atoms with van der Waals surface area (Å²) in [5.41, 5.74) is -0.777. The summed E-state index contributed by atoms with van der Waals surface area (Å²) in [7, 11) is 0. The number of anilines is 1. The molecule has 1 aromatic carbocycles. The van der Waals surface area contributed by atoms with Gasteiger partial charge in [0.1, 0.15) is 17.5 Å². The maximum Gasteiger partial charge on any atom is 0.435 e. The van der Waals surface area contributed by atoms with Crippen molar-refractivity contribution in [3.05, 3.63) is 47.2 Å². The zero-order valence-electron chi connectivity index (χ0n) is 10.6. The highest BCUT2D eigenvalue weighted by molar-refractivity contribution is 5.42. The number of nitrogens with one attached hydrogen (secondary N) is 1. The van der Waals surface area contributed by atoms with Crippen molar-refractivity contribution >= 4 is 5.82 Å². The Hall–Kier alpha value is -2.12. The molecule has 3 rings (SSSR count). The first kappa shape index (κ1) is 13.8. The molecule has 3 nitrogen and oxygen atoms in total. The second kappa shape index (κ2) is 4.71. The standard InChI is InChI=1S/C13H10F5N3/c14-8-3-7(4-9(15)5-8)10-1-2-19-12-6-11(13(16,17)18)20-21(10)12/h3-6,10,19H,1-2H2. The van der Waals surface area contributed by atoms with Gasteiger partial charge in [-0.05, 0) is 24.1 Å². The molecule has 1 atom stereocenters. The number of alkyl halides is 3. The summed E-state index contributed by atoms with van der Waals surface area (Å²) in [5, 5.41) is 6.32. The fraction of sp³-hybridized carbons (Fsp3) is 0.308. The van der Waals surface area contributed by atoms with Gasteiger partial charge in [-0.25, -0.2) is 13.5 Å². The topological polar surface area (TPSA) is 29.9 Å². The summed E-state index contributed by atoms with van der Waals surface area (Å²) in [6.45, 7) is 0.395. The van der Waals surface area contributed by atoms with Gasteiger partial charge in [0, 0.05) is 18.7 Å². The van der Waals surface area contributed by atoms with Gasteiger partial charge < -0.3 is 5.32 Å². The first-order chi connectivity index (χ1) is 9.84. The molecule has 0 saturated heterocycles. The third-order valence-corrected chi connectivity index (χ3v) is 3.31. The van der Waals surface area contributed by atoms with Gasteiger partial charge in [-0.2, -0.15) is 18.3 Å². The molecule has 8 heteroatoms.